The molecular weight excluding hydrogens is 408 g/mol. The molecular formula is C24H26N4O4. The summed E-state index contributed by atoms with van der Waals surface area (Å²) in [6, 6.07) is 14.7. The largest absolute Gasteiger partial charge is 0.490 e. The van der Waals surface area contributed by atoms with Gasteiger partial charge in [-0.1, -0.05) is 36.4 Å². The molecule has 4 rings (SSSR count). The molecule has 0 radical (unpaired) electrons. The summed E-state index contributed by atoms with van der Waals surface area (Å²) in [6.45, 7) is 6.87. The van der Waals surface area contributed by atoms with Gasteiger partial charge in [-0.05, 0) is 44.0 Å². The van der Waals surface area contributed by atoms with Crippen molar-refractivity contribution in [3.63, 3.8) is 0 Å². The predicted molar refractivity (Wildman–Crippen MR) is 120 cm³/mol. The van der Waals surface area contributed by atoms with E-state index in [1.165, 1.54) is 6.33 Å². The minimum absolute atomic E-state index is 0.181. The van der Waals surface area contributed by atoms with E-state index < -0.39 is 12.0 Å². The van der Waals surface area contributed by atoms with Gasteiger partial charge in [0.2, 0.25) is 5.95 Å². The van der Waals surface area contributed by atoms with E-state index in [9.17, 15) is 4.79 Å². The van der Waals surface area contributed by atoms with Gasteiger partial charge in [-0.2, -0.15) is 10.1 Å². The van der Waals surface area contributed by atoms with Gasteiger partial charge in [-0.3, -0.25) is 0 Å². The van der Waals surface area contributed by atoms with E-state index in [2.05, 4.69) is 15.4 Å². The number of anilines is 1. The van der Waals surface area contributed by atoms with Crippen molar-refractivity contribution in [2.24, 2.45) is 0 Å². The molecule has 1 N–H and O–H groups in total. The Morgan fingerprint density at radius 3 is 2.56 bits per heavy atom. The second-order valence-corrected chi connectivity index (χ2v) is 7.23. The molecule has 8 heteroatoms. The number of aromatic nitrogens is 3. The highest BCUT2D eigenvalue weighted by Crippen LogP contribution is 2.39. The third kappa shape index (κ3) is 4.30. The summed E-state index contributed by atoms with van der Waals surface area (Å²) in [5.74, 6) is 1.40. The Labute approximate surface area is 186 Å². The first-order valence-corrected chi connectivity index (χ1v) is 10.6. The molecule has 2 heterocycles. The zero-order valence-corrected chi connectivity index (χ0v) is 18.4. The Hall–Kier alpha value is -3.81. The van der Waals surface area contributed by atoms with E-state index in [0.717, 1.165) is 11.1 Å². The SMILES string of the molecule is CCOc1ccc([C@H]2C(C(=O)OCc3ccccc3)=C(C)Nc3ncnn32)cc1OCC. The molecule has 1 aliphatic heterocycles. The van der Waals surface area contributed by atoms with Crippen LogP contribution in [0.5, 0.6) is 11.5 Å². The van der Waals surface area contributed by atoms with Gasteiger partial charge in [-0.25, -0.2) is 9.48 Å². The number of hydrogen-bond donors (Lipinski definition) is 1. The number of carbonyl (C=O) groups excluding carboxylic acids is 1. The number of rotatable bonds is 8. The third-order valence-electron chi connectivity index (χ3n) is 5.11. The van der Waals surface area contributed by atoms with Crippen LogP contribution in [-0.4, -0.2) is 33.9 Å². The Morgan fingerprint density at radius 2 is 1.81 bits per heavy atom. The number of hydrogen-bond acceptors (Lipinski definition) is 7. The third-order valence-corrected chi connectivity index (χ3v) is 5.11. The summed E-state index contributed by atoms with van der Waals surface area (Å²) in [7, 11) is 0. The number of nitrogens with zero attached hydrogens (tertiary/aromatic N) is 3. The minimum Gasteiger partial charge on any atom is -0.490 e. The molecule has 1 aromatic heterocycles. The monoisotopic (exact) mass is 434 g/mol. The summed E-state index contributed by atoms with van der Waals surface area (Å²) >= 11 is 0. The van der Waals surface area contributed by atoms with Crippen LogP contribution < -0.4 is 14.8 Å². The van der Waals surface area contributed by atoms with Gasteiger partial charge in [0.15, 0.2) is 11.5 Å². The zero-order valence-electron chi connectivity index (χ0n) is 18.4. The maximum Gasteiger partial charge on any atom is 0.338 e. The average molecular weight is 434 g/mol. The molecule has 3 aromatic rings. The first kappa shape index (κ1) is 21.4. The lowest BCUT2D eigenvalue weighted by molar-refractivity contribution is -0.140. The number of nitrogens with one attached hydrogen (secondary N) is 1. The first-order valence-electron chi connectivity index (χ1n) is 10.6. The Bertz CT molecular complexity index is 1120. The Balaban J connectivity index is 1.70. The molecule has 0 saturated carbocycles. The molecule has 0 amide bonds. The molecule has 0 unspecified atom stereocenters. The van der Waals surface area contributed by atoms with Gasteiger partial charge < -0.3 is 19.5 Å². The molecule has 1 atom stereocenters. The Morgan fingerprint density at radius 1 is 1.06 bits per heavy atom. The Kier molecular flexibility index (Phi) is 6.39. The van der Waals surface area contributed by atoms with Gasteiger partial charge in [0.1, 0.15) is 19.0 Å². The molecule has 32 heavy (non-hydrogen) atoms. The van der Waals surface area contributed by atoms with Crippen molar-refractivity contribution in [1.29, 1.82) is 0 Å². The molecule has 0 bridgehead atoms. The van der Waals surface area contributed by atoms with Crippen molar-refractivity contribution in [3.8, 4) is 11.5 Å². The topological polar surface area (TPSA) is 87.5 Å². The molecule has 0 fully saturated rings. The van der Waals surface area contributed by atoms with E-state index >= 15 is 0 Å². The maximum absolute atomic E-state index is 13.2. The van der Waals surface area contributed by atoms with Crippen molar-refractivity contribution in [3.05, 3.63) is 77.3 Å². The number of esters is 1. The minimum atomic E-state index is -0.521. The van der Waals surface area contributed by atoms with E-state index in [1.54, 1.807) is 4.68 Å². The molecule has 2 aromatic carbocycles. The maximum atomic E-state index is 13.2. The second-order valence-electron chi connectivity index (χ2n) is 7.23. The zero-order chi connectivity index (χ0) is 22.5. The standard InChI is InChI=1S/C24H26N4O4/c1-4-30-19-12-11-18(13-20(19)31-5-2)22-21(16(3)27-24-25-15-26-28(22)24)23(29)32-14-17-9-7-6-8-10-17/h6-13,15,22H,4-5,14H2,1-3H3,(H,25,26,27)/t22-/m0/s1. The van der Waals surface area contributed by atoms with E-state index in [-0.39, 0.29) is 6.61 Å². The van der Waals surface area contributed by atoms with Gasteiger partial charge in [0.25, 0.3) is 0 Å². The van der Waals surface area contributed by atoms with E-state index in [4.69, 9.17) is 14.2 Å². The van der Waals surface area contributed by atoms with Crippen LogP contribution >= 0.6 is 0 Å². The van der Waals surface area contributed by atoms with E-state index in [0.29, 0.717) is 41.9 Å². The molecule has 0 saturated heterocycles. The summed E-state index contributed by atoms with van der Waals surface area (Å²) in [5.41, 5.74) is 2.86. The summed E-state index contributed by atoms with van der Waals surface area (Å²) in [6.07, 6.45) is 1.46. The van der Waals surface area contributed by atoms with Gasteiger partial charge >= 0.3 is 5.97 Å². The summed E-state index contributed by atoms with van der Waals surface area (Å²) in [5, 5.41) is 7.52. The predicted octanol–water partition coefficient (Wildman–Crippen LogP) is 4.11. The lowest BCUT2D eigenvalue weighted by atomic mass is 9.95. The summed E-state index contributed by atoms with van der Waals surface area (Å²) in [4.78, 5) is 17.5. The van der Waals surface area contributed by atoms with Gasteiger partial charge in [-0.15, -0.1) is 0 Å². The fourth-order valence-corrected chi connectivity index (χ4v) is 3.70. The van der Waals surface area contributed by atoms with Crippen molar-refractivity contribution >= 4 is 11.9 Å². The average Bonchev–Trinajstić information content (AvgIpc) is 3.27. The number of benzene rings is 2. The van der Waals surface area contributed by atoms with Crippen molar-refractivity contribution < 1.29 is 19.0 Å². The number of ether oxygens (including phenoxy) is 3. The van der Waals surface area contributed by atoms with Crippen LogP contribution in [0.3, 0.4) is 0 Å². The van der Waals surface area contributed by atoms with Crippen LogP contribution in [0, 0.1) is 0 Å². The molecule has 8 nitrogen and oxygen atoms in total. The van der Waals surface area contributed by atoms with Gasteiger partial charge in [0, 0.05) is 5.70 Å². The number of carbonyl (C=O) groups is 1. The highest BCUT2D eigenvalue weighted by molar-refractivity contribution is 5.92. The first-order chi connectivity index (χ1) is 15.6. The smallest absolute Gasteiger partial charge is 0.338 e. The van der Waals surface area contributed by atoms with Crippen LogP contribution in [0.25, 0.3) is 0 Å². The van der Waals surface area contributed by atoms with Crippen molar-refractivity contribution in [2.75, 3.05) is 18.5 Å². The fraction of sp³-hybridized carbons (Fsp3) is 0.292. The normalized spacial score (nSPS) is 15.0. The summed E-state index contributed by atoms with van der Waals surface area (Å²) < 4.78 is 18.8. The van der Waals surface area contributed by atoms with Crippen molar-refractivity contribution in [1.82, 2.24) is 14.8 Å². The lowest BCUT2D eigenvalue weighted by Crippen LogP contribution is -2.29. The fourth-order valence-electron chi connectivity index (χ4n) is 3.70. The van der Waals surface area contributed by atoms with E-state index in [1.807, 2.05) is 69.3 Å². The lowest BCUT2D eigenvalue weighted by Gasteiger charge is -2.28. The number of fused-ring (bicyclic) bond motifs is 1. The van der Waals surface area contributed by atoms with Gasteiger partial charge in [0.05, 0.1) is 18.8 Å². The second kappa shape index (κ2) is 9.55. The molecule has 0 spiro atoms. The van der Waals surface area contributed by atoms with Crippen LogP contribution in [0.15, 0.2) is 66.1 Å². The van der Waals surface area contributed by atoms with Crippen LogP contribution in [0.2, 0.25) is 0 Å². The van der Waals surface area contributed by atoms with Crippen molar-refractivity contribution in [2.45, 2.75) is 33.4 Å². The van der Waals surface area contributed by atoms with Crippen LogP contribution in [0.1, 0.15) is 37.9 Å². The molecule has 0 aliphatic carbocycles. The van der Waals surface area contributed by atoms with Crippen LogP contribution in [-0.2, 0) is 16.1 Å². The number of allylic oxidation sites excluding steroid dienone is 1. The van der Waals surface area contributed by atoms with Crippen LogP contribution in [0.4, 0.5) is 5.95 Å². The molecule has 1 aliphatic rings. The highest BCUT2D eigenvalue weighted by Gasteiger charge is 2.35. The quantitative estimate of drug-likeness (QED) is 0.534. The molecule has 166 valence electrons. The highest BCUT2D eigenvalue weighted by atomic mass is 16.5.